The highest BCUT2D eigenvalue weighted by Gasteiger charge is 2.55. The Labute approximate surface area is 200 Å². The third kappa shape index (κ3) is 4.21. The second-order valence-electron chi connectivity index (χ2n) is 10.2. The summed E-state index contributed by atoms with van der Waals surface area (Å²) in [5.41, 5.74) is 6.82. The molecule has 9 nitrogen and oxygen atoms in total. The van der Waals surface area contributed by atoms with Gasteiger partial charge in [0.25, 0.3) is 5.91 Å². The number of rotatable bonds is 4. The molecular formula is C25H35N5O4. The summed E-state index contributed by atoms with van der Waals surface area (Å²) in [6.45, 7) is 4.22. The molecule has 1 saturated carbocycles. The summed E-state index contributed by atoms with van der Waals surface area (Å²) in [6.07, 6.45) is 3.41. The number of amides is 2. The van der Waals surface area contributed by atoms with Crippen molar-refractivity contribution in [3.8, 4) is 0 Å². The van der Waals surface area contributed by atoms with Gasteiger partial charge in [-0.25, -0.2) is 0 Å². The summed E-state index contributed by atoms with van der Waals surface area (Å²) in [5.74, 6) is -0.561. The Morgan fingerprint density at radius 3 is 2.41 bits per heavy atom. The highest BCUT2D eigenvalue weighted by atomic mass is 16.5. The molecule has 1 aliphatic carbocycles. The van der Waals surface area contributed by atoms with E-state index < -0.39 is 17.7 Å². The average Bonchev–Trinajstić information content (AvgIpc) is 3.40. The highest BCUT2D eigenvalue weighted by Crippen LogP contribution is 2.35. The molecule has 3 N–H and O–H groups in total. The Kier molecular flexibility index (Phi) is 6.35. The van der Waals surface area contributed by atoms with Gasteiger partial charge in [0.2, 0.25) is 5.91 Å². The van der Waals surface area contributed by atoms with Gasteiger partial charge in [0, 0.05) is 44.0 Å². The number of carbonyl (C=O) groups is 3. The van der Waals surface area contributed by atoms with E-state index >= 15 is 0 Å². The highest BCUT2D eigenvalue weighted by molar-refractivity contribution is 6.01. The number of nitrogens with one attached hydrogen (secondary N) is 1. The van der Waals surface area contributed by atoms with E-state index in [0.717, 1.165) is 51.1 Å². The maximum absolute atomic E-state index is 13.8. The molecule has 3 atom stereocenters. The van der Waals surface area contributed by atoms with Crippen molar-refractivity contribution in [2.45, 2.75) is 55.8 Å². The van der Waals surface area contributed by atoms with Crippen molar-refractivity contribution in [1.29, 1.82) is 0 Å². The van der Waals surface area contributed by atoms with Gasteiger partial charge in [-0.1, -0.05) is 19.3 Å². The predicted molar refractivity (Wildman–Crippen MR) is 128 cm³/mol. The first-order valence-corrected chi connectivity index (χ1v) is 12.4. The zero-order valence-electron chi connectivity index (χ0n) is 19.9. The summed E-state index contributed by atoms with van der Waals surface area (Å²) in [4.78, 5) is 45.8. The monoisotopic (exact) mass is 469 g/mol. The molecule has 3 saturated heterocycles. The van der Waals surface area contributed by atoms with Crippen molar-refractivity contribution in [1.82, 2.24) is 15.1 Å². The lowest BCUT2D eigenvalue weighted by Gasteiger charge is -2.40. The number of hydrogen-bond acceptors (Lipinski definition) is 7. The van der Waals surface area contributed by atoms with Crippen molar-refractivity contribution in [2.75, 3.05) is 51.3 Å². The first kappa shape index (κ1) is 23.3. The van der Waals surface area contributed by atoms with Crippen LogP contribution in [0, 0.1) is 0 Å². The van der Waals surface area contributed by atoms with Gasteiger partial charge in [-0.05, 0) is 44.2 Å². The maximum Gasteiger partial charge on any atom is 0.252 e. The minimum atomic E-state index is -1.01. The van der Waals surface area contributed by atoms with E-state index in [1.165, 1.54) is 0 Å². The molecule has 0 unspecified atom stereocenters. The second-order valence-corrected chi connectivity index (χ2v) is 10.2. The first-order chi connectivity index (χ1) is 16.4. The van der Waals surface area contributed by atoms with Crippen LogP contribution in [0.3, 0.4) is 0 Å². The number of ether oxygens (including phenoxy) is 1. The van der Waals surface area contributed by atoms with E-state index in [2.05, 4.69) is 22.2 Å². The number of likely N-dealkylation sites (N-methyl/N-ethyl adjacent to an activating group) is 1. The molecule has 3 aliphatic heterocycles. The van der Waals surface area contributed by atoms with Gasteiger partial charge in [0.05, 0.1) is 6.04 Å². The van der Waals surface area contributed by atoms with Crippen LogP contribution >= 0.6 is 0 Å². The predicted octanol–water partition coefficient (Wildman–Crippen LogP) is 0.377. The van der Waals surface area contributed by atoms with Gasteiger partial charge in [0.15, 0.2) is 5.78 Å². The van der Waals surface area contributed by atoms with Crippen LogP contribution in [0.4, 0.5) is 5.69 Å². The zero-order valence-corrected chi connectivity index (χ0v) is 19.9. The molecule has 9 heteroatoms. The summed E-state index contributed by atoms with van der Waals surface area (Å²) in [7, 11) is 2.12. The van der Waals surface area contributed by atoms with Crippen molar-refractivity contribution < 1.29 is 19.1 Å². The van der Waals surface area contributed by atoms with Gasteiger partial charge < -0.3 is 30.5 Å². The second kappa shape index (κ2) is 9.28. The number of nitrogens with two attached hydrogens (primary N) is 1. The van der Waals surface area contributed by atoms with Gasteiger partial charge in [0.1, 0.15) is 24.3 Å². The van der Waals surface area contributed by atoms with Crippen molar-refractivity contribution in [2.24, 2.45) is 5.73 Å². The molecular weight excluding hydrogens is 434 g/mol. The minimum absolute atomic E-state index is 0.00811. The normalized spacial score (nSPS) is 29.2. The van der Waals surface area contributed by atoms with Gasteiger partial charge in [-0.3, -0.25) is 14.4 Å². The van der Waals surface area contributed by atoms with Crippen molar-refractivity contribution in [3.63, 3.8) is 0 Å². The molecule has 184 valence electrons. The SMILES string of the molecule is CN1CCN(c2ccc(C(=O)NC3(C(=O)N4C[C@H](N)[C@H]5OCC(=O)[C@H]54)CCCCC3)cc2)CC1. The van der Waals surface area contributed by atoms with Gasteiger partial charge in [-0.15, -0.1) is 0 Å². The largest absolute Gasteiger partial charge is 0.369 e. The average molecular weight is 470 g/mol. The molecule has 1 aromatic carbocycles. The number of ketones is 1. The number of Topliss-reactive ketones (excluding diaryl/α,β-unsaturated/α-hetero) is 1. The van der Waals surface area contributed by atoms with Crippen LogP contribution in [0.5, 0.6) is 0 Å². The van der Waals surface area contributed by atoms with Crippen LogP contribution in [0.25, 0.3) is 0 Å². The van der Waals surface area contributed by atoms with Gasteiger partial charge in [-0.2, -0.15) is 0 Å². The summed E-state index contributed by atoms with van der Waals surface area (Å²) >= 11 is 0. The number of hydrogen-bond donors (Lipinski definition) is 2. The number of nitrogens with zero attached hydrogens (tertiary/aromatic N) is 3. The molecule has 3 heterocycles. The molecule has 4 aliphatic rings. The maximum atomic E-state index is 13.8. The molecule has 34 heavy (non-hydrogen) atoms. The van der Waals surface area contributed by atoms with E-state index in [4.69, 9.17) is 10.5 Å². The quantitative estimate of drug-likeness (QED) is 0.656. The van der Waals surface area contributed by atoms with Gasteiger partial charge >= 0.3 is 0 Å². The lowest BCUT2D eigenvalue weighted by molar-refractivity contribution is -0.143. The van der Waals surface area contributed by atoms with Crippen LogP contribution in [0.1, 0.15) is 42.5 Å². The smallest absolute Gasteiger partial charge is 0.252 e. The number of anilines is 1. The standard InChI is InChI=1S/C25H35N5O4/c1-28-11-13-29(14-12-28)18-7-5-17(6-8-18)23(32)27-25(9-3-2-4-10-25)24(33)30-15-19(26)22-21(30)20(31)16-34-22/h5-8,19,21-22H,2-4,9-16,26H2,1H3,(H,27,32)/t19-,21+,22+/m0/s1. The van der Waals surface area contributed by atoms with E-state index in [-0.39, 0.29) is 36.8 Å². The molecule has 5 rings (SSSR count). The number of carbonyl (C=O) groups excluding carboxylic acids is 3. The molecule has 0 spiro atoms. The third-order valence-corrected chi connectivity index (χ3v) is 7.95. The number of piperazine rings is 1. The van der Waals surface area contributed by atoms with E-state index in [9.17, 15) is 14.4 Å². The molecule has 0 aromatic heterocycles. The van der Waals surface area contributed by atoms with Crippen LogP contribution in [-0.4, -0.2) is 97.5 Å². The fourth-order valence-electron chi connectivity index (χ4n) is 5.90. The molecule has 2 amide bonds. The zero-order chi connectivity index (χ0) is 23.9. The van der Waals surface area contributed by atoms with Crippen LogP contribution in [-0.2, 0) is 14.3 Å². The molecule has 0 bridgehead atoms. The third-order valence-electron chi connectivity index (χ3n) is 7.95. The topological polar surface area (TPSA) is 108 Å². The lowest BCUT2D eigenvalue weighted by Crippen LogP contribution is -2.62. The van der Waals surface area contributed by atoms with E-state index in [0.29, 0.717) is 18.4 Å². The summed E-state index contributed by atoms with van der Waals surface area (Å²) in [6, 6.07) is 6.60. The fraction of sp³-hybridized carbons (Fsp3) is 0.640. The number of likely N-dealkylation sites (tertiary alicyclic amines) is 1. The molecule has 1 aromatic rings. The first-order valence-electron chi connectivity index (χ1n) is 12.4. The van der Waals surface area contributed by atoms with E-state index in [1.807, 2.05) is 24.3 Å². The Balaban J connectivity index is 1.32. The Bertz CT molecular complexity index is 937. The van der Waals surface area contributed by atoms with Crippen molar-refractivity contribution in [3.05, 3.63) is 29.8 Å². The Hall–Kier alpha value is -2.49. The Morgan fingerprint density at radius 2 is 1.74 bits per heavy atom. The van der Waals surface area contributed by atoms with E-state index in [1.54, 1.807) is 4.90 Å². The Morgan fingerprint density at radius 1 is 1.06 bits per heavy atom. The number of fused-ring (bicyclic) bond motifs is 1. The van der Waals surface area contributed by atoms with Crippen LogP contribution < -0.4 is 16.0 Å². The lowest BCUT2D eigenvalue weighted by atomic mass is 9.80. The van der Waals surface area contributed by atoms with Crippen LogP contribution in [0.2, 0.25) is 0 Å². The minimum Gasteiger partial charge on any atom is -0.369 e. The van der Waals surface area contributed by atoms with Crippen molar-refractivity contribution >= 4 is 23.3 Å². The molecule has 0 radical (unpaired) electrons. The van der Waals surface area contributed by atoms with Crippen LogP contribution in [0.15, 0.2) is 24.3 Å². The molecule has 4 fully saturated rings. The summed E-state index contributed by atoms with van der Waals surface area (Å²) < 4.78 is 5.56. The summed E-state index contributed by atoms with van der Waals surface area (Å²) in [5, 5.41) is 3.10. The number of benzene rings is 1. The fourth-order valence-corrected chi connectivity index (χ4v) is 5.90.